The fourth-order valence-electron chi connectivity index (χ4n) is 3.54. The second-order valence-electron chi connectivity index (χ2n) is 6.54. The van der Waals surface area contributed by atoms with Crippen molar-refractivity contribution in [1.29, 1.82) is 0 Å². The third-order valence-electron chi connectivity index (χ3n) is 4.72. The van der Waals surface area contributed by atoms with Crippen LogP contribution in [0.2, 0.25) is 0 Å². The van der Waals surface area contributed by atoms with Gasteiger partial charge in [-0.2, -0.15) is 0 Å². The molecule has 2 unspecified atom stereocenters. The smallest absolute Gasteiger partial charge is 0.315 e. The van der Waals surface area contributed by atoms with Crippen molar-refractivity contribution < 1.29 is 9.53 Å². The number of hydrogen-bond acceptors (Lipinski definition) is 3. The first kappa shape index (κ1) is 16.1. The first-order chi connectivity index (χ1) is 11.3. The molecular formula is C18H27N3O2. The SMILES string of the molecule is CCCN1CCC(CNC(=O)NC2CCOc3ccccc32)C1. The van der Waals surface area contributed by atoms with Gasteiger partial charge in [0.25, 0.3) is 0 Å². The number of amides is 2. The molecule has 2 aliphatic rings. The highest BCUT2D eigenvalue weighted by atomic mass is 16.5. The maximum atomic E-state index is 12.2. The monoisotopic (exact) mass is 317 g/mol. The fourth-order valence-corrected chi connectivity index (χ4v) is 3.54. The molecule has 126 valence electrons. The predicted octanol–water partition coefficient (Wildman–Crippen LogP) is 2.54. The summed E-state index contributed by atoms with van der Waals surface area (Å²) in [5, 5.41) is 6.14. The van der Waals surface area contributed by atoms with Gasteiger partial charge in [0.2, 0.25) is 0 Å². The van der Waals surface area contributed by atoms with E-state index in [1.165, 1.54) is 19.4 Å². The highest BCUT2D eigenvalue weighted by Crippen LogP contribution is 2.31. The van der Waals surface area contributed by atoms with E-state index in [1.807, 2.05) is 24.3 Å². The van der Waals surface area contributed by atoms with E-state index in [4.69, 9.17) is 4.74 Å². The van der Waals surface area contributed by atoms with Crippen LogP contribution >= 0.6 is 0 Å². The topological polar surface area (TPSA) is 53.6 Å². The standard InChI is InChI=1S/C18H27N3O2/c1-2-9-21-10-7-14(13-21)12-19-18(22)20-16-8-11-23-17-6-4-3-5-15(16)17/h3-6,14,16H,2,7-13H2,1H3,(H2,19,20,22). The first-order valence-corrected chi connectivity index (χ1v) is 8.74. The molecule has 0 spiro atoms. The van der Waals surface area contributed by atoms with Crippen molar-refractivity contribution in [3.05, 3.63) is 29.8 Å². The second kappa shape index (κ2) is 7.68. The van der Waals surface area contributed by atoms with E-state index >= 15 is 0 Å². The molecule has 23 heavy (non-hydrogen) atoms. The van der Waals surface area contributed by atoms with Crippen molar-refractivity contribution in [3.8, 4) is 5.75 Å². The first-order valence-electron chi connectivity index (χ1n) is 8.74. The second-order valence-corrected chi connectivity index (χ2v) is 6.54. The molecule has 2 heterocycles. The van der Waals surface area contributed by atoms with E-state index in [9.17, 15) is 4.79 Å². The van der Waals surface area contributed by atoms with E-state index in [2.05, 4.69) is 22.5 Å². The molecule has 2 amide bonds. The highest BCUT2D eigenvalue weighted by Gasteiger charge is 2.24. The van der Waals surface area contributed by atoms with Crippen LogP contribution in [-0.2, 0) is 0 Å². The van der Waals surface area contributed by atoms with Gasteiger partial charge in [0.1, 0.15) is 5.75 Å². The molecule has 0 radical (unpaired) electrons. The molecule has 0 aliphatic carbocycles. The number of urea groups is 1. The minimum Gasteiger partial charge on any atom is -0.493 e. The largest absolute Gasteiger partial charge is 0.493 e. The number of ether oxygens (including phenoxy) is 1. The minimum atomic E-state index is -0.0688. The Morgan fingerprint density at radius 3 is 3.09 bits per heavy atom. The zero-order chi connectivity index (χ0) is 16.1. The Bertz CT molecular complexity index is 535. The maximum absolute atomic E-state index is 12.2. The zero-order valence-electron chi connectivity index (χ0n) is 13.9. The van der Waals surface area contributed by atoms with Crippen LogP contribution in [0.15, 0.2) is 24.3 Å². The number of para-hydroxylation sites is 1. The predicted molar refractivity (Wildman–Crippen MR) is 90.7 cm³/mol. The minimum absolute atomic E-state index is 0.0418. The number of nitrogens with zero attached hydrogens (tertiary/aromatic N) is 1. The number of rotatable bonds is 5. The summed E-state index contributed by atoms with van der Waals surface area (Å²) in [4.78, 5) is 14.7. The van der Waals surface area contributed by atoms with Crippen LogP contribution in [0.3, 0.4) is 0 Å². The van der Waals surface area contributed by atoms with Crippen molar-refractivity contribution in [3.63, 3.8) is 0 Å². The van der Waals surface area contributed by atoms with Crippen LogP contribution < -0.4 is 15.4 Å². The Labute approximate surface area is 138 Å². The summed E-state index contributed by atoms with van der Waals surface area (Å²) in [7, 11) is 0. The summed E-state index contributed by atoms with van der Waals surface area (Å²) in [5.41, 5.74) is 1.07. The molecule has 5 heteroatoms. The van der Waals surface area contributed by atoms with E-state index in [-0.39, 0.29) is 12.1 Å². The van der Waals surface area contributed by atoms with Crippen LogP contribution in [0.1, 0.15) is 37.8 Å². The zero-order valence-corrected chi connectivity index (χ0v) is 13.9. The summed E-state index contributed by atoms with van der Waals surface area (Å²) < 4.78 is 5.63. The van der Waals surface area contributed by atoms with Crippen LogP contribution in [0.25, 0.3) is 0 Å². The van der Waals surface area contributed by atoms with Crippen LogP contribution in [0, 0.1) is 5.92 Å². The molecule has 2 aliphatic heterocycles. The molecule has 0 saturated carbocycles. The molecule has 2 N–H and O–H groups in total. The van der Waals surface area contributed by atoms with Gasteiger partial charge in [-0.15, -0.1) is 0 Å². The van der Waals surface area contributed by atoms with Gasteiger partial charge in [0, 0.05) is 25.1 Å². The molecule has 0 bridgehead atoms. The third kappa shape index (κ3) is 4.16. The Morgan fingerprint density at radius 1 is 1.35 bits per heavy atom. The fraction of sp³-hybridized carbons (Fsp3) is 0.611. The van der Waals surface area contributed by atoms with E-state index in [0.29, 0.717) is 12.5 Å². The maximum Gasteiger partial charge on any atom is 0.315 e. The molecule has 1 aromatic carbocycles. The molecule has 1 saturated heterocycles. The average molecular weight is 317 g/mol. The molecule has 1 aromatic rings. The summed E-state index contributed by atoms with van der Waals surface area (Å²) in [6.45, 7) is 7.06. The van der Waals surface area contributed by atoms with Gasteiger partial charge < -0.3 is 20.3 Å². The number of nitrogens with one attached hydrogen (secondary N) is 2. The van der Waals surface area contributed by atoms with Crippen molar-refractivity contribution in [1.82, 2.24) is 15.5 Å². The van der Waals surface area contributed by atoms with Gasteiger partial charge in [-0.3, -0.25) is 0 Å². The van der Waals surface area contributed by atoms with Crippen LogP contribution in [0.5, 0.6) is 5.75 Å². The quantitative estimate of drug-likeness (QED) is 0.877. The van der Waals surface area contributed by atoms with Gasteiger partial charge in [0.15, 0.2) is 0 Å². The van der Waals surface area contributed by atoms with Crippen molar-refractivity contribution in [2.45, 2.75) is 32.2 Å². The van der Waals surface area contributed by atoms with E-state index < -0.39 is 0 Å². The third-order valence-corrected chi connectivity index (χ3v) is 4.72. The molecule has 0 aromatic heterocycles. The Balaban J connectivity index is 1.46. The number of likely N-dealkylation sites (tertiary alicyclic amines) is 1. The number of carbonyl (C=O) groups excluding carboxylic acids is 1. The van der Waals surface area contributed by atoms with Crippen molar-refractivity contribution in [2.24, 2.45) is 5.92 Å². The van der Waals surface area contributed by atoms with Gasteiger partial charge in [-0.25, -0.2) is 4.79 Å². The number of fused-ring (bicyclic) bond motifs is 1. The summed E-state index contributed by atoms with van der Waals surface area (Å²) >= 11 is 0. The van der Waals surface area contributed by atoms with Crippen LogP contribution in [-0.4, -0.2) is 43.7 Å². The summed E-state index contributed by atoms with van der Waals surface area (Å²) in [6.07, 6.45) is 3.20. The molecule has 3 rings (SSSR count). The Hall–Kier alpha value is -1.75. The molecule has 2 atom stereocenters. The Morgan fingerprint density at radius 2 is 2.22 bits per heavy atom. The Kier molecular flexibility index (Phi) is 5.39. The number of hydrogen-bond donors (Lipinski definition) is 2. The van der Waals surface area contributed by atoms with Crippen molar-refractivity contribution in [2.75, 3.05) is 32.8 Å². The van der Waals surface area contributed by atoms with Crippen molar-refractivity contribution >= 4 is 6.03 Å². The average Bonchev–Trinajstić information content (AvgIpc) is 3.01. The van der Waals surface area contributed by atoms with Gasteiger partial charge >= 0.3 is 6.03 Å². The molecule has 1 fully saturated rings. The lowest BCUT2D eigenvalue weighted by Gasteiger charge is -2.26. The van der Waals surface area contributed by atoms with Crippen LogP contribution in [0.4, 0.5) is 4.79 Å². The van der Waals surface area contributed by atoms with E-state index in [0.717, 1.165) is 37.4 Å². The van der Waals surface area contributed by atoms with Gasteiger partial charge in [0.05, 0.1) is 12.6 Å². The summed E-state index contributed by atoms with van der Waals surface area (Å²) in [6, 6.07) is 7.91. The van der Waals surface area contributed by atoms with E-state index in [1.54, 1.807) is 0 Å². The lowest BCUT2D eigenvalue weighted by molar-refractivity contribution is 0.221. The normalized spacial score (nSPS) is 23.9. The lowest BCUT2D eigenvalue weighted by Crippen LogP contribution is -2.41. The van der Waals surface area contributed by atoms with Gasteiger partial charge in [-0.05, 0) is 37.9 Å². The highest BCUT2D eigenvalue weighted by molar-refractivity contribution is 5.74. The van der Waals surface area contributed by atoms with Gasteiger partial charge in [-0.1, -0.05) is 25.1 Å². The molecular weight excluding hydrogens is 290 g/mol. The lowest BCUT2D eigenvalue weighted by atomic mass is 10.0. The summed E-state index contributed by atoms with van der Waals surface area (Å²) in [5.74, 6) is 1.46. The number of carbonyl (C=O) groups is 1. The number of benzene rings is 1. The molecule has 5 nitrogen and oxygen atoms in total.